The molecule has 1 unspecified atom stereocenters. The van der Waals surface area contributed by atoms with Crippen LogP contribution in [0.2, 0.25) is 0 Å². The second-order valence-corrected chi connectivity index (χ2v) is 3.74. The zero-order chi connectivity index (χ0) is 14.6. The zero-order valence-corrected chi connectivity index (χ0v) is 9.90. The Labute approximate surface area is 106 Å². The van der Waals surface area contributed by atoms with E-state index in [1.165, 1.54) is 12.1 Å². The molecule has 0 aromatic heterocycles. The highest BCUT2D eigenvalue weighted by Crippen LogP contribution is 2.26. The van der Waals surface area contributed by atoms with Gasteiger partial charge in [0, 0.05) is 17.7 Å². The quantitative estimate of drug-likeness (QED) is 0.490. The minimum Gasteiger partial charge on any atom is -0.364 e. The number of nitro benzene ring substituents is 1. The summed E-state index contributed by atoms with van der Waals surface area (Å²) >= 11 is 0. The van der Waals surface area contributed by atoms with E-state index in [1.54, 1.807) is 0 Å². The van der Waals surface area contributed by atoms with Crippen LogP contribution in [0.5, 0.6) is 0 Å². The molecule has 106 valence electrons. The standard InChI is InChI=1S/C10H12F3N3O3/c1-6(10(11,12)13)19-5-7-4-8(16(17)18)2-3-9(7)15-14/h2-4,6,15H,5,14H2,1H3. The Bertz CT molecular complexity index is 465. The lowest BCUT2D eigenvalue weighted by atomic mass is 10.1. The van der Waals surface area contributed by atoms with E-state index in [-0.39, 0.29) is 16.9 Å². The molecule has 0 spiro atoms. The summed E-state index contributed by atoms with van der Waals surface area (Å²) in [6, 6.07) is 3.60. The van der Waals surface area contributed by atoms with Crippen molar-refractivity contribution < 1.29 is 22.8 Å². The summed E-state index contributed by atoms with van der Waals surface area (Å²) in [5.74, 6) is 5.17. The van der Waals surface area contributed by atoms with Gasteiger partial charge in [-0.05, 0) is 13.0 Å². The Morgan fingerprint density at radius 2 is 2.16 bits per heavy atom. The number of non-ortho nitro benzene ring substituents is 1. The molecule has 0 bridgehead atoms. The van der Waals surface area contributed by atoms with Gasteiger partial charge in [-0.1, -0.05) is 0 Å². The third-order valence-corrected chi connectivity index (χ3v) is 2.40. The lowest BCUT2D eigenvalue weighted by Crippen LogP contribution is -2.28. The number of nitro groups is 1. The summed E-state index contributed by atoms with van der Waals surface area (Å²) < 4.78 is 41.4. The summed E-state index contributed by atoms with van der Waals surface area (Å²) in [6.07, 6.45) is -6.46. The highest BCUT2D eigenvalue weighted by molar-refractivity contribution is 5.55. The van der Waals surface area contributed by atoms with E-state index in [4.69, 9.17) is 5.84 Å². The average Bonchev–Trinajstić information content (AvgIpc) is 2.34. The molecule has 9 heteroatoms. The van der Waals surface area contributed by atoms with Gasteiger partial charge >= 0.3 is 6.18 Å². The van der Waals surface area contributed by atoms with Crippen molar-refractivity contribution in [2.75, 3.05) is 5.43 Å². The van der Waals surface area contributed by atoms with E-state index in [0.717, 1.165) is 13.0 Å². The number of anilines is 1. The number of benzene rings is 1. The molecule has 19 heavy (non-hydrogen) atoms. The van der Waals surface area contributed by atoms with Gasteiger partial charge in [-0.2, -0.15) is 13.2 Å². The fourth-order valence-electron chi connectivity index (χ4n) is 1.26. The third kappa shape index (κ3) is 4.07. The molecular weight excluding hydrogens is 267 g/mol. The lowest BCUT2D eigenvalue weighted by Gasteiger charge is -2.17. The number of nitrogens with zero attached hydrogens (tertiary/aromatic N) is 1. The smallest absolute Gasteiger partial charge is 0.364 e. The molecule has 6 nitrogen and oxygen atoms in total. The first-order chi connectivity index (χ1) is 8.75. The van der Waals surface area contributed by atoms with Crippen molar-refractivity contribution in [2.45, 2.75) is 25.8 Å². The molecule has 0 saturated carbocycles. The van der Waals surface area contributed by atoms with E-state index in [9.17, 15) is 23.3 Å². The Morgan fingerprint density at radius 3 is 2.63 bits per heavy atom. The van der Waals surface area contributed by atoms with Crippen LogP contribution >= 0.6 is 0 Å². The highest BCUT2D eigenvalue weighted by atomic mass is 19.4. The molecular formula is C10H12F3N3O3. The van der Waals surface area contributed by atoms with Crippen LogP contribution in [0.25, 0.3) is 0 Å². The number of rotatable bonds is 5. The molecule has 0 saturated heterocycles. The number of ether oxygens (including phenoxy) is 1. The fourth-order valence-corrected chi connectivity index (χ4v) is 1.26. The third-order valence-electron chi connectivity index (χ3n) is 2.40. The van der Waals surface area contributed by atoms with Crippen LogP contribution in [-0.4, -0.2) is 17.2 Å². The van der Waals surface area contributed by atoms with Crippen molar-refractivity contribution in [2.24, 2.45) is 5.84 Å². The van der Waals surface area contributed by atoms with E-state index in [1.807, 2.05) is 0 Å². The number of alkyl halides is 3. The minimum absolute atomic E-state index is 0.174. The molecule has 1 aromatic rings. The van der Waals surface area contributed by atoms with Gasteiger partial charge in [0.25, 0.3) is 5.69 Å². The molecule has 0 fully saturated rings. The first kappa shape index (κ1) is 15.2. The van der Waals surface area contributed by atoms with Crippen molar-refractivity contribution in [3.05, 3.63) is 33.9 Å². The van der Waals surface area contributed by atoms with Crippen molar-refractivity contribution in [3.8, 4) is 0 Å². The predicted octanol–water partition coefficient (Wildman–Crippen LogP) is 2.35. The maximum atomic E-state index is 12.3. The van der Waals surface area contributed by atoms with Gasteiger partial charge in [-0.25, -0.2) is 0 Å². The zero-order valence-electron chi connectivity index (χ0n) is 9.90. The Balaban J connectivity index is 2.87. The van der Waals surface area contributed by atoms with Crippen molar-refractivity contribution in [1.29, 1.82) is 0 Å². The monoisotopic (exact) mass is 279 g/mol. The molecule has 0 aliphatic rings. The molecule has 0 radical (unpaired) electrons. The van der Waals surface area contributed by atoms with Crippen molar-refractivity contribution >= 4 is 11.4 Å². The first-order valence-corrected chi connectivity index (χ1v) is 5.18. The van der Waals surface area contributed by atoms with Gasteiger partial charge in [0.05, 0.1) is 17.2 Å². The molecule has 1 aromatic carbocycles. The summed E-state index contributed by atoms with van der Waals surface area (Å²) in [6.45, 7) is 0.411. The lowest BCUT2D eigenvalue weighted by molar-refractivity contribution is -0.384. The maximum Gasteiger partial charge on any atom is 0.414 e. The van der Waals surface area contributed by atoms with Crippen molar-refractivity contribution in [3.63, 3.8) is 0 Å². The minimum atomic E-state index is -4.49. The predicted molar refractivity (Wildman–Crippen MR) is 61.2 cm³/mol. The van der Waals surface area contributed by atoms with E-state index >= 15 is 0 Å². The van der Waals surface area contributed by atoms with Crippen LogP contribution in [0.4, 0.5) is 24.5 Å². The number of hydrazine groups is 1. The summed E-state index contributed by atoms with van der Waals surface area (Å²) in [4.78, 5) is 9.93. The number of nitrogens with two attached hydrogens (primary N) is 1. The number of hydrogen-bond acceptors (Lipinski definition) is 5. The molecule has 1 atom stereocenters. The number of nitrogens with one attached hydrogen (secondary N) is 1. The SMILES string of the molecule is CC(OCc1cc([N+](=O)[O-])ccc1NN)C(F)(F)F. The Morgan fingerprint density at radius 1 is 1.53 bits per heavy atom. The van der Waals surface area contributed by atoms with Crippen molar-refractivity contribution in [1.82, 2.24) is 0 Å². The molecule has 0 aliphatic heterocycles. The van der Waals surface area contributed by atoms with Crippen LogP contribution in [0.3, 0.4) is 0 Å². The van der Waals surface area contributed by atoms with Crippen LogP contribution in [0.1, 0.15) is 12.5 Å². The summed E-state index contributed by atoms with van der Waals surface area (Å²) in [5.41, 5.74) is 2.43. The molecule has 0 aliphatic carbocycles. The van der Waals surface area contributed by atoms with Gasteiger partial charge in [0.1, 0.15) is 0 Å². The van der Waals surface area contributed by atoms with Gasteiger partial charge in [-0.3, -0.25) is 16.0 Å². The van der Waals surface area contributed by atoms with E-state index < -0.39 is 23.8 Å². The molecule has 0 heterocycles. The summed E-state index contributed by atoms with van der Waals surface area (Å²) in [7, 11) is 0. The van der Waals surface area contributed by atoms with Gasteiger partial charge in [-0.15, -0.1) is 0 Å². The van der Waals surface area contributed by atoms with Crippen LogP contribution in [-0.2, 0) is 11.3 Å². The number of nitrogen functional groups attached to an aromatic ring is 1. The fraction of sp³-hybridized carbons (Fsp3) is 0.400. The number of halogens is 3. The molecule has 1 rings (SSSR count). The normalized spacial score (nSPS) is 13.1. The topological polar surface area (TPSA) is 90.4 Å². The second kappa shape index (κ2) is 5.85. The van der Waals surface area contributed by atoms with Gasteiger partial charge in [0.15, 0.2) is 6.10 Å². The Hall–Kier alpha value is -1.87. The van der Waals surface area contributed by atoms with Gasteiger partial charge < -0.3 is 10.2 Å². The maximum absolute atomic E-state index is 12.3. The van der Waals surface area contributed by atoms with E-state index in [0.29, 0.717) is 0 Å². The van der Waals surface area contributed by atoms with Crippen LogP contribution in [0, 0.1) is 10.1 Å². The largest absolute Gasteiger partial charge is 0.414 e. The van der Waals surface area contributed by atoms with Crippen LogP contribution < -0.4 is 11.3 Å². The molecule has 0 amide bonds. The Kier molecular flexibility index (Phi) is 4.67. The number of hydrogen-bond donors (Lipinski definition) is 2. The summed E-state index contributed by atoms with van der Waals surface area (Å²) in [5, 5.41) is 10.6. The second-order valence-electron chi connectivity index (χ2n) is 3.74. The van der Waals surface area contributed by atoms with Gasteiger partial charge in [0.2, 0.25) is 0 Å². The first-order valence-electron chi connectivity index (χ1n) is 5.18. The van der Waals surface area contributed by atoms with E-state index in [2.05, 4.69) is 10.2 Å². The average molecular weight is 279 g/mol. The highest BCUT2D eigenvalue weighted by Gasteiger charge is 2.37. The molecule has 3 N–H and O–H groups in total. The van der Waals surface area contributed by atoms with Crippen LogP contribution in [0.15, 0.2) is 18.2 Å².